The molecule has 0 saturated heterocycles. The lowest BCUT2D eigenvalue weighted by molar-refractivity contribution is 0.420. The molecule has 90 valence electrons. The van der Waals surface area contributed by atoms with Crippen molar-refractivity contribution >= 4 is 0 Å². The quantitative estimate of drug-likeness (QED) is 0.849. The van der Waals surface area contributed by atoms with E-state index in [1.54, 1.807) is 0 Å². The fraction of sp³-hybridized carbons (Fsp3) is 0.692. The Kier molecular flexibility index (Phi) is 4.42. The smallest absolute Gasteiger partial charge is 0.128 e. The topological polar surface area (TPSA) is 37.8 Å². The van der Waals surface area contributed by atoms with Gasteiger partial charge in [0.2, 0.25) is 0 Å². The van der Waals surface area contributed by atoms with E-state index in [1.807, 2.05) is 6.92 Å². The second-order valence-electron chi connectivity index (χ2n) is 5.27. The van der Waals surface area contributed by atoms with Gasteiger partial charge in [0.25, 0.3) is 0 Å². The van der Waals surface area contributed by atoms with Gasteiger partial charge in [-0.05, 0) is 40.2 Å². The fourth-order valence-corrected chi connectivity index (χ4v) is 1.48. The first-order valence-corrected chi connectivity index (χ1v) is 5.99. The van der Waals surface area contributed by atoms with Crippen LogP contribution in [0.4, 0.5) is 0 Å². The van der Waals surface area contributed by atoms with Gasteiger partial charge >= 0.3 is 0 Å². The maximum atomic E-state index is 4.55. The lowest BCUT2D eigenvalue weighted by Gasteiger charge is -2.20. The van der Waals surface area contributed by atoms with Crippen LogP contribution >= 0.6 is 0 Å². The minimum Gasteiger partial charge on any atom is -0.306 e. The lowest BCUT2D eigenvalue weighted by Crippen LogP contribution is -2.35. The van der Waals surface area contributed by atoms with Gasteiger partial charge in [0.05, 0.1) is 5.69 Å². The minimum atomic E-state index is 0.129. The average molecular weight is 221 g/mol. The number of hydrogen-bond acceptors (Lipinski definition) is 3. The molecule has 16 heavy (non-hydrogen) atoms. The van der Waals surface area contributed by atoms with Gasteiger partial charge in [-0.15, -0.1) is 0 Å². The number of aromatic nitrogens is 2. The Morgan fingerprint density at radius 2 is 1.94 bits per heavy atom. The Morgan fingerprint density at radius 1 is 1.25 bits per heavy atom. The van der Waals surface area contributed by atoms with Crippen LogP contribution in [0.25, 0.3) is 0 Å². The molecule has 1 rings (SSSR count). The minimum absolute atomic E-state index is 0.129. The van der Waals surface area contributed by atoms with E-state index in [0.29, 0.717) is 0 Å². The molecular weight excluding hydrogens is 198 g/mol. The summed E-state index contributed by atoms with van der Waals surface area (Å²) in [6.07, 6.45) is 2.06. The summed E-state index contributed by atoms with van der Waals surface area (Å²) in [6.45, 7) is 11.5. The molecule has 3 nitrogen and oxygen atoms in total. The standard InChI is InChI=1S/C13H23N3/c1-6-7-12-15-10(2)8-11(16-12)9-14-13(3,4)5/h8,14H,6-7,9H2,1-5H3. The second-order valence-corrected chi connectivity index (χ2v) is 5.27. The number of nitrogens with one attached hydrogen (secondary N) is 1. The molecule has 0 amide bonds. The van der Waals surface area contributed by atoms with Gasteiger partial charge in [-0.3, -0.25) is 0 Å². The number of rotatable bonds is 4. The molecule has 3 heteroatoms. The maximum absolute atomic E-state index is 4.55. The van der Waals surface area contributed by atoms with Gasteiger partial charge in [0.15, 0.2) is 0 Å². The monoisotopic (exact) mass is 221 g/mol. The van der Waals surface area contributed by atoms with Crippen molar-refractivity contribution in [3.63, 3.8) is 0 Å². The van der Waals surface area contributed by atoms with Crippen molar-refractivity contribution in [3.8, 4) is 0 Å². The van der Waals surface area contributed by atoms with E-state index in [1.165, 1.54) is 0 Å². The molecular formula is C13H23N3. The van der Waals surface area contributed by atoms with Crippen LogP contribution in [0.1, 0.15) is 51.3 Å². The summed E-state index contributed by atoms with van der Waals surface area (Å²) in [6, 6.07) is 2.05. The Hall–Kier alpha value is -0.960. The Balaban J connectivity index is 2.72. The maximum Gasteiger partial charge on any atom is 0.128 e. The Bertz CT molecular complexity index is 340. The van der Waals surface area contributed by atoms with Crippen molar-refractivity contribution in [2.75, 3.05) is 0 Å². The summed E-state index contributed by atoms with van der Waals surface area (Å²) in [7, 11) is 0. The average Bonchev–Trinajstić information content (AvgIpc) is 2.13. The van der Waals surface area contributed by atoms with Gasteiger partial charge < -0.3 is 5.32 Å². The van der Waals surface area contributed by atoms with E-state index in [0.717, 1.165) is 36.6 Å². The molecule has 0 atom stereocenters. The van der Waals surface area contributed by atoms with Gasteiger partial charge in [-0.2, -0.15) is 0 Å². The third-order valence-corrected chi connectivity index (χ3v) is 2.23. The first-order chi connectivity index (χ1) is 7.40. The number of hydrogen-bond donors (Lipinski definition) is 1. The SMILES string of the molecule is CCCc1nc(C)cc(CNC(C)(C)C)n1. The summed E-state index contributed by atoms with van der Waals surface area (Å²) in [5.41, 5.74) is 2.28. The van der Waals surface area contributed by atoms with Gasteiger partial charge in [-0.25, -0.2) is 9.97 Å². The van der Waals surface area contributed by atoms with Crippen molar-refractivity contribution in [2.24, 2.45) is 0 Å². The van der Waals surface area contributed by atoms with E-state index in [2.05, 4.69) is 49.0 Å². The third-order valence-electron chi connectivity index (χ3n) is 2.23. The van der Waals surface area contributed by atoms with Crippen LogP contribution in [0.2, 0.25) is 0 Å². The predicted octanol–water partition coefficient (Wildman–Crippen LogP) is 2.63. The predicted molar refractivity (Wildman–Crippen MR) is 67.4 cm³/mol. The zero-order valence-electron chi connectivity index (χ0n) is 11.1. The van der Waals surface area contributed by atoms with Gasteiger partial charge in [0, 0.05) is 24.2 Å². The summed E-state index contributed by atoms with van der Waals surface area (Å²) in [4.78, 5) is 8.98. The molecule has 0 fully saturated rings. The molecule has 0 saturated carbocycles. The van der Waals surface area contributed by atoms with Crippen molar-refractivity contribution in [1.82, 2.24) is 15.3 Å². The molecule has 1 aromatic heterocycles. The zero-order chi connectivity index (χ0) is 12.2. The molecule has 0 radical (unpaired) electrons. The van der Waals surface area contributed by atoms with E-state index < -0.39 is 0 Å². The van der Waals surface area contributed by atoms with Crippen LogP contribution < -0.4 is 5.32 Å². The van der Waals surface area contributed by atoms with Crippen LogP contribution in [0.3, 0.4) is 0 Å². The van der Waals surface area contributed by atoms with Crippen molar-refractivity contribution in [1.29, 1.82) is 0 Å². The van der Waals surface area contributed by atoms with Crippen LogP contribution in [0, 0.1) is 6.92 Å². The molecule has 0 spiro atoms. The molecule has 0 aliphatic heterocycles. The van der Waals surface area contributed by atoms with Crippen molar-refractivity contribution in [2.45, 2.75) is 59.5 Å². The molecule has 1 N–H and O–H groups in total. The normalized spacial score (nSPS) is 11.8. The molecule has 0 unspecified atom stereocenters. The van der Waals surface area contributed by atoms with Gasteiger partial charge in [-0.1, -0.05) is 6.92 Å². The highest BCUT2D eigenvalue weighted by Crippen LogP contribution is 2.05. The van der Waals surface area contributed by atoms with Crippen LogP contribution in [-0.2, 0) is 13.0 Å². The molecule has 0 aliphatic carbocycles. The molecule has 1 aromatic rings. The zero-order valence-corrected chi connectivity index (χ0v) is 11.1. The van der Waals surface area contributed by atoms with Crippen molar-refractivity contribution in [3.05, 3.63) is 23.3 Å². The van der Waals surface area contributed by atoms with E-state index >= 15 is 0 Å². The van der Waals surface area contributed by atoms with Crippen LogP contribution in [0.15, 0.2) is 6.07 Å². The highest BCUT2D eigenvalue weighted by Gasteiger charge is 2.09. The van der Waals surface area contributed by atoms with E-state index in [-0.39, 0.29) is 5.54 Å². The summed E-state index contributed by atoms with van der Waals surface area (Å²) in [5.74, 6) is 0.966. The molecule has 0 aliphatic rings. The van der Waals surface area contributed by atoms with Gasteiger partial charge in [0.1, 0.15) is 5.82 Å². The van der Waals surface area contributed by atoms with E-state index in [9.17, 15) is 0 Å². The second kappa shape index (κ2) is 5.39. The third kappa shape index (κ3) is 4.71. The number of aryl methyl sites for hydroxylation is 2. The molecule has 0 bridgehead atoms. The van der Waals surface area contributed by atoms with E-state index in [4.69, 9.17) is 0 Å². The van der Waals surface area contributed by atoms with Crippen LogP contribution in [0.5, 0.6) is 0 Å². The largest absolute Gasteiger partial charge is 0.306 e. The summed E-state index contributed by atoms with van der Waals surface area (Å²) in [5, 5.41) is 3.44. The van der Waals surface area contributed by atoms with Crippen LogP contribution in [-0.4, -0.2) is 15.5 Å². The lowest BCUT2D eigenvalue weighted by atomic mass is 10.1. The molecule has 0 aromatic carbocycles. The first-order valence-electron chi connectivity index (χ1n) is 5.99. The fourth-order valence-electron chi connectivity index (χ4n) is 1.48. The first kappa shape index (κ1) is 13.1. The summed E-state index contributed by atoms with van der Waals surface area (Å²) < 4.78 is 0. The molecule has 1 heterocycles. The Labute approximate surface area is 98.7 Å². The highest BCUT2D eigenvalue weighted by atomic mass is 15.0. The highest BCUT2D eigenvalue weighted by molar-refractivity contribution is 5.10. The van der Waals surface area contributed by atoms with Crippen molar-refractivity contribution < 1.29 is 0 Å². The summed E-state index contributed by atoms with van der Waals surface area (Å²) >= 11 is 0. The number of nitrogens with zero attached hydrogens (tertiary/aromatic N) is 2. The Morgan fingerprint density at radius 3 is 2.50 bits per heavy atom.